The van der Waals surface area contributed by atoms with E-state index in [2.05, 4.69) is 50.3 Å². The maximum absolute atomic E-state index is 12.6. The number of ether oxygens (including phenoxy) is 4. The van der Waals surface area contributed by atoms with Crippen LogP contribution in [0.3, 0.4) is 0 Å². The number of carbonyl (C=O) groups is 2. The second-order valence-corrected chi connectivity index (χ2v) is 12.3. The van der Waals surface area contributed by atoms with Crippen molar-refractivity contribution in [3.05, 3.63) is 36.5 Å². The molecule has 6 atom stereocenters. The summed E-state index contributed by atoms with van der Waals surface area (Å²) in [5.41, 5.74) is 0. The van der Waals surface area contributed by atoms with Gasteiger partial charge in [-0.3, -0.25) is 9.59 Å². The lowest BCUT2D eigenvalue weighted by atomic mass is 9.99. The molecular formula is C37H64O10. The van der Waals surface area contributed by atoms with Crippen molar-refractivity contribution >= 4 is 11.9 Å². The van der Waals surface area contributed by atoms with E-state index >= 15 is 0 Å². The molecule has 0 aromatic heterocycles. The van der Waals surface area contributed by atoms with Gasteiger partial charge in [0.25, 0.3) is 0 Å². The fourth-order valence-electron chi connectivity index (χ4n) is 5.14. The monoisotopic (exact) mass is 668 g/mol. The van der Waals surface area contributed by atoms with Crippen molar-refractivity contribution in [1.29, 1.82) is 0 Å². The number of rotatable bonds is 28. The third-order valence-corrected chi connectivity index (χ3v) is 8.04. The van der Waals surface area contributed by atoms with Gasteiger partial charge in [-0.05, 0) is 44.9 Å². The van der Waals surface area contributed by atoms with Crippen molar-refractivity contribution in [3.8, 4) is 0 Å². The minimum Gasteiger partial charge on any atom is -0.462 e. The van der Waals surface area contributed by atoms with Crippen LogP contribution in [0.4, 0.5) is 0 Å². The van der Waals surface area contributed by atoms with Crippen LogP contribution in [-0.2, 0) is 28.5 Å². The van der Waals surface area contributed by atoms with Gasteiger partial charge in [0.2, 0.25) is 0 Å². The third-order valence-electron chi connectivity index (χ3n) is 8.04. The Bertz CT molecular complexity index is 871. The molecule has 1 heterocycles. The maximum Gasteiger partial charge on any atom is 0.306 e. The smallest absolute Gasteiger partial charge is 0.306 e. The van der Waals surface area contributed by atoms with Crippen molar-refractivity contribution in [2.24, 2.45) is 0 Å². The van der Waals surface area contributed by atoms with E-state index in [1.54, 1.807) is 0 Å². The molecule has 4 N–H and O–H groups in total. The number of hydrogen-bond acceptors (Lipinski definition) is 10. The molecule has 0 aliphatic carbocycles. The van der Waals surface area contributed by atoms with Crippen LogP contribution in [-0.4, -0.2) is 89.0 Å². The second-order valence-electron chi connectivity index (χ2n) is 12.3. The van der Waals surface area contributed by atoms with Gasteiger partial charge in [-0.25, -0.2) is 0 Å². The van der Waals surface area contributed by atoms with Gasteiger partial charge in [-0.1, -0.05) is 108 Å². The van der Waals surface area contributed by atoms with Gasteiger partial charge in [0.05, 0.1) is 13.2 Å². The van der Waals surface area contributed by atoms with E-state index in [0.717, 1.165) is 77.0 Å². The molecule has 0 aromatic rings. The first-order valence-electron chi connectivity index (χ1n) is 18.1. The number of esters is 2. The summed E-state index contributed by atoms with van der Waals surface area (Å²) >= 11 is 0. The van der Waals surface area contributed by atoms with Crippen molar-refractivity contribution < 1.29 is 49.0 Å². The van der Waals surface area contributed by atoms with Crippen LogP contribution in [0.15, 0.2) is 36.5 Å². The summed E-state index contributed by atoms with van der Waals surface area (Å²) < 4.78 is 21.9. The predicted molar refractivity (Wildman–Crippen MR) is 182 cm³/mol. The number of aliphatic hydroxyl groups is 4. The van der Waals surface area contributed by atoms with Gasteiger partial charge in [-0.15, -0.1) is 0 Å². The van der Waals surface area contributed by atoms with Crippen LogP contribution < -0.4 is 0 Å². The second kappa shape index (κ2) is 28.9. The van der Waals surface area contributed by atoms with Crippen molar-refractivity contribution in [2.75, 3.05) is 19.8 Å². The van der Waals surface area contributed by atoms with Gasteiger partial charge in [-0.2, -0.15) is 0 Å². The van der Waals surface area contributed by atoms with E-state index in [1.807, 2.05) is 0 Å². The molecule has 10 heteroatoms. The molecule has 0 saturated carbocycles. The summed E-state index contributed by atoms with van der Waals surface area (Å²) in [5, 5.41) is 39.8. The standard InChI is InChI=1S/C37H64O10/c1-3-5-7-9-11-12-13-14-15-16-17-18-20-22-24-26-33(40)46-30(28-44-32(39)25-23-21-19-10-8-6-4-2)29-45-37-36(43)35(42)34(41)31(27-38)47-37/h5,7,11-12,14-15,30-31,34-38,41-43H,3-4,6,8-10,13,16-29H2,1-2H3/b7-5+,12-11+,15-14+/t30?,31-,34+,35+,36-,37-/m1/s1. The van der Waals surface area contributed by atoms with Crippen LogP contribution in [0.25, 0.3) is 0 Å². The van der Waals surface area contributed by atoms with Crippen molar-refractivity contribution in [1.82, 2.24) is 0 Å². The summed E-state index contributed by atoms with van der Waals surface area (Å²) in [7, 11) is 0. The molecule has 1 aliphatic rings. The van der Waals surface area contributed by atoms with Crippen LogP contribution in [0.2, 0.25) is 0 Å². The molecule has 0 bridgehead atoms. The molecule has 1 rings (SSSR count). The number of hydrogen-bond donors (Lipinski definition) is 4. The van der Waals surface area contributed by atoms with Crippen LogP contribution in [0.1, 0.15) is 129 Å². The molecule has 1 aliphatic heterocycles. The van der Waals surface area contributed by atoms with E-state index in [9.17, 15) is 30.0 Å². The number of unbranched alkanes of at least 4 members (excludes halogenated alkanes) is 11. The van der Waals surface area contributed by atoms with Gasteiger partial charge < -0.3 is 39.4 Å². The normalized spacial score (nSPS) is 22.4. The number of allylic oxidation sites excluding steroid dienone is 6. The Hall–Kier alpha value is -2.08. The lowest BCUT2D eigenvalue weighted by Crippen LogP contribution is -2.59. The zero-order chi connectivity index (χ0) is 34.5. The predicted octanol–water partition coefficient (Wildman–Crippen LogP) is 5.99. The van der Waals surface area contributed by atoms with Gasteiger partial charge in [0.15, 0.2) is 12.4 Å². The Kier molecular flexibility index (Phi) is 26.4. The SMILES string of the molecule is CC/C=C/C/C=C/C/C=C/CCCCCCCC(=O)OC(COC(=O)CCCCCCCCC)CO[C@@H]1O[C@H](CO)[C@H](O)[C@H](O)[C@H]1O. The van der Waals surface area contributed by atoms with Crippen LogP contribution in [0, 0.1) is 0 Å². The average molecular weight is 669 g/mol. The van der Waals surface area contributed by atoms with Crippen molar-refractivity contribution in [2.45, 2.75) is 166 Å². The van der Waals surface area contributed by atoms with Gasteiger partial charge in [0.1, 0.15) is 31.0 Å². The van der Waals surface area contributed by atoms with E-state index in [0.29, 0.717) is 6.42 Å². The Morgan fingerprint density at radius 3 is 1.89 bits per heavy atom. The molecule has 0 aromatic carbocycles. The van der Waals surface area contributed by atoms with Crippen LogP contribution >= 0.6 is 0 Å². The highest BCUT2D eigenvalue weighted by Crippen LogP contribution is 2.22. The zero-order valence-electron chi connectivity index (χ0n) is 29.0. The molecule has 0 radical (unpaired) electrons. The fourth-order valence-corrected chi connectivity index (χ4v) is 5.14. The van der Waals surface area contributed by atoms with E-state index in [-0.39, 0.29) is 26.1 Å². The molecular weight excluding hydrogens is 604 g/mol. The minimum absolute atomic E-state index is 0.211. The summed E-state index contributed by atoms with van der Waals surface area (Å²) in [4.78, 5) is 25.0. The molecule has 272 valence electrons. The first kappa shape index (κ1) is 42.9. The zero-order valence-corrected chi connectivity index (χ0v) is 29.0. The quantitative estimate of drug-likeness (QED) is 0.0445. The highest BCUT2D eigenvalue weighted by atomic mass is 16.7. The van der Waals surface area contributed by atoms with Gasteiger partial charge >= 0.3 is 11.9 Å². The average Bonchev–Trinajstić information content (AvgIpc) is 3.06. The van der Waals surface area contributed by atoms with E-state index in [1.165, 1.54) is 19.3 Å². The highest BCUT2D eigenvalue weighted by molar-refractivity contribution is 5.70. The molecule has 1 unspecified atom stereocenters. The van der Waals surface area contributed by atoms with Crippen molar-refractivity contribution in [3.63, 3.8) is 0 Å². The first-order valence-corrected chi connectivity index (χ1v) is 18.1. The van der Waals surface area contributed by atoms with E-state index < -0.39 is 55.4 Å². The fraction of sp³-hybridized carbons (Fsp3) is 0.784. The molecule has 0 amide bonds. The Morgan fingerprint density at radius 2 is 1.26 bits per heavy atom. The third kappa shape index (κ3) is 21.5. The molecule has 47 heavy (non-hydrogen) atoms. The van der Waals surface area contributed by atoms with Gasteiger partial charge in [0, 0.05) is 12.8 Å². The molecule has 1 saturated heterocycles. The summed E-state index contributed by atoms with van der Waals surface area (Å²) in [6.07, 6.45) is 21.8. The summed E-state index contributed by atoms with van der Waals surface area (Å²) in [5.74, 6) is -0.838. The topological polar surface area (TPSA) is 152 Å². The molecule has 0 spiro atoms. The van der Waals surface area contributed by atoms with E-state index in [4.69, 9.17) is 18.9 Å². The molecule has 10 nitrogen and oxygen atoms in total. The largest absolute Gasteiger partial charge is 0.462 e. The lowest BCUT2D eigenvalue weighted by molar-refractivity contribution is -0.305. The number of carbonyl (C=O) groups excluding carboxylic acids is 2. The summed E-state index contributed by atoms with van der Waals surface area (Å²) in [6.45, 7) is 3.21. The minimum atomic E-state index is -1.59. The Morgan fingerprint density at radius 1 is 0.681 bits per heavy atom. The maximum atomic E-state index is 12.6. The number of aliphatic hydroxyl groups excluding tert-OH is 4. The molecule has 1 fully saturated rings. The Labute approximate surface area is 283 Å². The highest BCUT2D eigenvalue weighted by Gasteiger charge is 2.44. The summed E-state index contributed by atoms with van der Waals surface area (Å²) in [6, 6.07) is 0. The Balaban J connectivity index is 2.42. The lowest BCUT2D eigenvalue weighted by Gasteiger charge is -2.39. The van der Waals surface area contributed by atoms with Crippen LogP contribution in [0.5, 0.6) is 0 Å². The first-order chi connectivity index (χ1) is 22.8.